The average molecular weight is 196 g/mol. The van der Waals surface area contributed by atoms with Crippen LogP contribution in [0.4, 0.5) is 0 Å². The summed E-state index contributed by atoms with van der Waals surface area (Å²) in [5.74, 6) is 0.592. The van der Waals surface area contributed by atoms with Crippen LogP contribution in [-0.4, -0.2) is 29.1 Å². The first-order chi connectivity index (χ1) is 6.88. The van der Waals surface area contributed by atoms with Crippen molar-refractivity contribution < 1.29 is 14.1 Å². The van der Waals surface area contributed by atoms with Crippen molar-refractivity contribution in [3.05, 3.63) is 11.7 Å². The van der Waals surface area contributed by atoms with Gasteiger partial charge >= 0.3 is 0 Å². The van der Waals surface area contributed by atoms with E-state index in [-0.39, 0.29) is 12.0 Å². The molecule has 1 unspecified atom stereocenters. The molecule has 1 aromatic heterocycles. The molecular formula is C9H12N2O3. The van der Waals surface area contributed by atoms with Crippen molar-refractivity contribution in [3.8, 4) is 0 Å². The van der Waals surface area contributed by atoms with Crippen molar-refractivity contribution in [1.82, 2.24) is 10.1 Å². The van der Waals surface area contributed by atoms with Gasteiger partial charge in [-0.15, -0.1) is 0 Å². The second-order valence-electron chi connectivity index (χ2n) is 3.36. The third-order valence-electron chi connectivity index (χ3n) is 2.27. The van der Waals surface area contributed by atoms with Crippen molar-refractivity contribution in [1.29, 1.82) is 0 Å². The lowest BCUT2D eigenvalue weighted by atomic mass is 10.1. The Kier molecular flexibility index (Phi) is 2.88. The minimum Gasteiger partial charge on any atom is -0.378 e. The molecule has 2 heterocycles. The van der Waals surface area contributed by atoms with Gasteiger partial charge in [-0.2, -0.15) is 4.98 Å². The SMILES string of the molecule is O=Cc1nc(CC2CCCCO2)no1. The van der Waals surface area contributed by atoms with Crippen molar-refractivity contribution in [2.75, 3.05) is 6.61 Å². The third-order valence-corrected chi connectivity index (χ3v) is 2.27. The van der Waals surface area contributed by atoms with Gasteiger partial charge in [-0.05, 0) is 19.3 Å². The molecule has 0 N–H and O–H groups in total. The number of hydrogen-bond acceptors (Lipinski definition) is 5. The number of rotatable bonds is 3. The van der Waals surface area contributed by atoms with E-state index in [1.165, 1.54) is 6.42 Å². The molecule has 5 nitrogen and oxygen atoms in total. The molecule has 1 aliphatic rings. The van der Waals surface area contributed by atoms with E-state index in [4.69, 9.17) is 4.74 Å². The first kappa shape index (κ1) is 9.33. The number of hydrogen-bond donors (Lipinski definition) is 0. The van der Waals surface area contributed by atoms with E-state index in [2.05, 4.69) is 14.7 Å². The molecule has 14 heavy (non-hydrogen) atoms. The average Bonchev–Trinajstić information content (AvgIpc) is 2.67. The van der Waals surface area contributed by atoms with Crippen molar-refractivity contribution >= 4 is 6.29 Å². The Balaban J connectivity index is 1.92. The molecule has 1 aromatic rings. The van der Waals surface area contributed by atoms with Gasteiger partial charge in [0.15, 0.2) is 5.82 Å². The summed E-state index contributed by atoms with van der Waals surface area (Å²) in [6, 6.07) is 0. The Hall–Kier alpha value is -1.23. The van der Waals surface area contributed by atoms with Crippen LogP contribution in [0.5, 0.6) is 0 Å². The fourth-order valence-corrected chi connectivity index (χ4v) is 1.57. The fraction of sp³-hybridized carbons (Fsp3) is 0.667. The number of aromatic nitrogens is 2. The smallest absolute Gasteiger partial charge is 0.290 e. The molecule has 1 aliphatic heterocycles. The maximum absolute atomic E-state index is 10.3. The van der Waals surface area contributed by atoms with E-state index in [0.29, 0.717) is 18.5 Å². The van der Waals surface area contributed by atoms with Crippen LogP contribution in [0.1, 0.15) is 35.8 Å². The Labute approximate surface area is 81.4 Å². The Bertz CT molecular complexity index is 305. The molecule has 0 aromatic carbocycles. The maximum atomic E-state index is 10.3. The lowest BCUT2D eigenvalue weighted by Crippen LogP contribution is -2.21. The minimum absolute atomic E-state index is 0.0378. The van der Waals surface area contributed by atoms with E-state index in [1.807, 2.05) is 0 Å². The standard InChI is InChI=1S/C9H12N2O3/c12-6-9-10-8(11-14-9)5-7-3-1-2-4-13-7/h6-7H,1-5H2. The quantitative estimate of drug-likeness (QED) is 0.674. The van der Waals surface area contributed by atoms with Crippen LogP contribution in [0.2, 0.25) is 0 Å². The highest BCUT2D eigenvalue weighted by Gasteiger charge is 2.17. The molecule has 0 radical (unpaired) electrons. The van der Waals surface area contributed by atoms with Gasteiger partial charge in [-0.3, -0.25) is 4.79 Å². The highest BCUT2D eigenvalue weighted by molar-refractivity contribution is 5.66. The Morgan fingerprint density at radius 3 is 3.07 bits per heavy atom. The Morgan fingerprint density at radius 1 is 1.50 bits per heavy atom. The van der Waals surface area contributed by atoms with Crippen molar-refractivity contribution in [3.63, 3.8) is 0 Å². The molecule has 1 saturated heterocycles. The number of aldehydes is 1. The third kappa shape index (κ3) is 2.17. The van der Waals surface area contributed by atoms with Crippen LogP contribution >= 0.6 is 0 Å². The summed E-state index contributed by atoms with van der Waals surface area (Å²) in [6.45, 7) is 0.809. The van der Waals surface area contributed by atoms with Gasteiger partial charge in [0.05, 0.1) is 6.10 Å². The summed E-state index contributed by atoms with van der Waals surface area (Å²) in [4.78, 5) is 14.2. The second kappa shape index (κ2) is 4.32. The van der Waals surface area contributed by atoms with E-state index in [9.17, 15) is 4.79 Å². The molecule has 0 aliphatic carbocycles. The molecule has 76 valence electrons. The lowest BCUT2D eigenvalue weighted by molar-refractivity contribution is 0.0153. The summed E-state index contributed by atoms with van der Waals surface area (Å²) in [5.41, 5.74) is 0. The molecule has 2 rings (SSSR count). The maximum Gasteiger partial charge on any atom is 0.290 e. The van der Waals surface area contributed by atoms with Gasteiger partial charge < -0.3 is 9.26 Å². The second-order valence-corrected chi connectivity index (χ2v) is 3.36. The zero-order valence-corrected chi connectivity index (χ0v) is 7.81. The monoisotopic (exact) mass is 196 g/mol. The number of nitrogens with zero attached hydrogens (tertiary/aromatic N) is 2. The molecular weight excluding hydrogens is 184 g/mol. The molecule has 0 bridgehead atoms. The summed E-state index contributed by atoms with van der Waals surface area (Å²) < 4.78 is 10.2. The van der Waals surface area contributed by atoms with E-state index < -0.39 is 0 Å². The molecule has 1 atom stereocenters. The first-order valence-electron chi connectivity index (χ1n) is 4.78. The zero-order chi connectivity index (χ0) is 9.80. The predicted octanol–water partition coefficient (Wildman–Crippen LogP) is 0.994. The van der Waals surface area contributed by atoms with Crippen LogP contribution < -0.4 is 0 Å². The summed E-state index contributed by atoms with van der Waals surface area (Å²) in [7, 11) is 0. The van der Waals surface area contributed by atoms with Crippen molar-refractivity contribution in [2.24, 2.45) is 0 Å². The van der Waals surface area contributed by atoms with Gasteiger partial charge in [0, 0.05) is 13.0 Å². The lowest BCUT2D eigenvalue weighted by Gasteiger charge is -2.20. The largest absolute Gasteiger partial charge is 0.378 e. The summed E-state index contributed by atoms with van der Waals surface area (Å²) in [6.07, 6.45) is 4.71. The molecule has 0 saturated carbocycles. The van der Waals surface area contributed by atoms with Gasteiger partial charge in [-0.1, -0.05) is 5.16 Å². The first-order valence-corrected chi connectivity index (χ1v) is 4.78. The minimum atomic E-state index is 0.0378. The zero-order valence-electron chi connectivity index (χ0n) is 7.81. The van der Waals surface area contributed by atoms with E-state index in [1.54, 1.807) is 0 Å². The fourth-order valence-electron chi connectivity index (χ4n) is 1.57. The summed E-state index contributed by atoms with van der Waals surface area (Å²) >= 11 is 0. The highest BCUT2D eigenvalue weighted by atomic mass is 16.5. The number of carbonyl (C=O) groups is 1. The van der Waals surface area contributed by atoms with Gasteiger partial charge in [0.1, 0.15) is 0 Å². The molecule has 0 amide bonds. The van der Waals surface area contributed by atoms with Crippen LogP contribution in [0, 0.1) is 0 Å². The van der Waals surface area contributed by atoms with Crippen LogP contribution in [0.3, 0.4) is 0 Å². The normalized spacial score (nSPS) is 22.1. The topological polar surface area (TPSA) is 65.2 Å². The molecule has 0 spiro atoms. The predicted molar refractivity (Wildman–Crippen MR) is 47.0 cm³/mol. The van der Waals surface area contributed by atoms with Crippen molar-refractivity contribution in [2.45, 2.75) is 31.8 Å². The molecule has 5 heteroatoms. The van der Waals surface area contributed by atoms with Gasteiger partial charge in [-0.25, -0.2) is 0 Å². The van der Waals surface area contributed by atoms with Crippen LogP contribution in [-0.2, 0) is 11.2 Å². The van der Waals surface area contributed by atoms with Crippen LogP contribution in [0.15, 0.2) is 4.52 Å². The highest BCUT2D eigenvalue weighted by Crippen LogP contribution is 2.15. The Morgan fingerprint density at radius 2 is 2.43 bits per heavy atom. The van der Waals surface area contributed by atoms with E-state index in [0.717, 1.165) is 19.4 Å². The number of carbonyl (C=O) groups excluding carboxylic acids is 1. The summed E-state index contributed by atoms with van der Waals surface area (Å²) in [5, 5.41) is 3.68. The van der Waals surface area contributed by atoms with Gasteiger partial charge in [0.2, 0.25) is 6.29 Å². The number of ether oxygens (including phenoxy) is 1. The molecule has 1 fully saturated rings. The van der Waals surface area contributed by atoms with Gasteiger partial charge in [0.25, 0.3) is 5.89 Å². The van der Waals surface area contributed by atoms with Crippen LogP contribution in [0.25, 0.3) is 0 Å². The van der Waals surface area contributed by atoms with E-state index >= 15 is 0 Å².